The Kier molecular flexibility index (Phi) is 37.9. The molecule has 14 heteroatoms. The first-order chi connectivity index (χ1) is 58.3. The van der Waals surface area contributed by atoms with Crippen LogP contribution >= 0.6 is 0 Å². The van der Waals surface area contributed by atoms with E-state index in [4.69, 9.17) is 20.1 Å². The van der Waals surface area contributed by atoms with Gasteiger partial charge in [-0.05, 0) is 111 Å². The molecule has 0 atom stereocenters. The maximum absolute atomic E-state index is 11.5. The van der Waals surface area contributed by atoms with Crippen LogP contribution in [0.5, 0.6) is 0 Å². The fraction of sp³-hybridized carbons (Fsp3) is 0.0909. The number of pyridine rings is 6. The van der Waals surface area contributed by atoms with Crippen LogP contribution in [0.25, 0.3) is 143 Å². The summed E-state index contributed by atoms with van der Waals surface area (Å²) in [4.78, 5) is 48.5. The molecule has 0 aliphatic heterocycles. The second-order valence-corrected chi connectivity index (χ2v) is 30.0. The van der Waals surface area contributed by atoms with E-state index in [0.717, 1.165) is 100 Å². The first-order valence-corrected chi connectivity index (χ1v) is 39.5. The van der Waals surface area contributed by atoms with Crippen molar-refractivity contribution in [1.29, 1.82) is 0 Å². The van der Waals surface area contributed by atoms with Gasteiger partial charge in [0.15, 0.2) is 11.6 Å². The van der Waals surface area contributed by atoms with Crippen LogP contribution in [0.1, 0.15) is 55.4 Å². The predicted molar refractivity (Wildman–Crippen MR) is 495 cm³/mol. The summed E-state index contributed by atoms with van der Waals surface area (Å²) in [5.74, 6) is 0.0415. The molecule has 13 aromatic carbocycles. The third-order valence-electron chi connectivity index (χ3n) is 18.8. The van der Waals surface area contributed by atoms with E-state index >= 15 is 0 Å². The fourth-order valence-electron chi connectivity index (χ4n) is 12.3. The topological polar surface area (TPSA) is 152 Å². The number of hydrogen-bond acceptors (Lipinski definition) is 10. The first-order valence-electron chi connectivity index (χ1n) is 39.5. The molecule has 6 heterocycles. The number of rotatable bonds is 8. The number of aliphatic hydroxyl groups is 2. The molecule has 0 spiro atoms. The number of aromatic nitrogens is 6. The Hall–Kier alpha value is -12.4. The maximum Gasteiger partial charge on any atom is 0.164 e. The van der Waals surface area contributed by atoms with Crippen LogP contribution in [0.2, 0.25) is 0 Å². The van der Waals surface area contributed by atoms with Gasteiger partial charge in [0.2, 0.25) is 0 Å². The number of nitrogens with zero attached hydrogens (tertiary/aromatic N) is 6. The number of carbonyl (C=O) groups excluding carboxylic acids is 2. The molecule has 0 bridgehead atoms. The maximum atomic E-state index is 11.5. The van der Waals surface area contributed by atoms with E-state index in [9.17, 15) is 14.7 Å². The average molecular weight is 2330 g/mol. The number of benzene rings is 13. The van der Waals surface area contributed by atoms with Crippen molar-refractivity contribution in [3.8, 4) is 67.5 Å². The molecule has 124 heavy (non-hydrogen) atoms. The fourth-order valence-corrected chi connectivity index (χ4v) is 12.3. The summed E-state index contributed by atoms with van der Waals surface area (Å²) in [7, 11) is 0. The summed E-state index contributed by atoms with van der Waals surface area (Å²) in [6.07, 6.45) is 7.92. The van der Waals surface area contributed by atoms with Crippen LogP contribution in [-0.4, -0.2) is 51.7 Å². The largest absolute Gasteiger partial charge is 0.512 e. The Labute approximate surface area is 780 Å². The van der Waals surface area contributed by atoms with E-state index in [1.807, 2.05) is 266 Å². The van der Waals surface area contributed by atoms with Gasteiger partial charge in [-0.1, -0.05) is 270 Å². The molecular formula is C110H90Ir4N6O4-6. The van der Waals surface area contributed by atoms with Crippen molar-refractivity contribution < 1.29 is 100 Å². The van der Waals surface area contributed by atoms with Gasteiger partial charge >= 0.3 is 0 Å². The van der Waals surface area contributed by atoms with E-state index in [2.05, 4.69) is 191 Å². The van der Waals surface area contributed by atoms with E-state index < -0.39 is 5.41 Å². The summed E-state index contributed by atoms with van der Waals surface area (Å²) < 4.78 is 0. The van der Waals surface area contributed by atoms with Crippen molar-refractivity contribution >= 4 is 87.4 Å². The molecule has 19 rings (SSSR count). The number of carbonyl (C=O) groups is 2. The number of hydrogen-bond donors (Lipinski definition) is 2. The zero-order valence-corrected chi connectivity index (χ0v) is 79.3. The molecule has 4 radical (unpaired) electrons. The number of para-hydroxylation sites is 3. The van der Waals surface area contributed by atoms with Crippen molar-refractivity contribution in [2.24, 2.45) is 10.8 Å². The van der Waals surface area contributed by atoms with Crippen LogP contribution in [0.15, 0.2) is 400 Å². The monoisotopic (exact) mass is 2330 g/mol. The molecule has 0 fully saturated rings. The molecule has 10 nitrogen and oxygen atoms in total. The predicted octanol–water partition coefficient (Wildman–Crippen LogP) is 27.5. The summed E-state index contributed by atoms with van der Waals surface area (Å²) in [5.41, 5.74) is 14.4. The smallest absolute Gasteiger partial charge is 0.164 e. The van der Waals surface area contributed by atoms with Crippen molar-refractivity contribution in [1.82, 2.24) is 29.9 Å². The van der Waals surface area contributed by atoms with Gasteiger partial charge in [-0.15, -0.1) is 195 Å². The van der Waals surface area contributed by atoms with Crippen LogP contribution < -0.4 is 0 Å². The van der Waals surface area contributed by atoms with Gasteiger partial charge in [0.25, 0.3) is 0 Å². The summed E-state index contributed by atoms with van der Waals surface area (Å²) in [6, 6.07) is 140. The Bertz CT molecular complexity index is 5910. The molecule has 0 saturated carbocycles. The Morgan fingerprint density at radius 1 is 0.290 bits per heavy atom. The van der Waals surface area contributed by atoms with Gasteiger partial charge < -0.3 is 25.2 Å². The van der Waals surface area contributed by atoms with Crippen molar-refractivity contribution in [2.45, 2.75) is 55.4 Å². The molecule has 6 aromatic heterocycles. The minimum Gasteiger partial charge on any atom is -0.512 e. The van der Waals surface area contributed by atoms with Crippen molar-refractivity contribution in [3.63, 3.8) is 0 Å². The second-order valence-electron chi connectivity index (χ2n) is 30.0. The summed E-state index contributed by atoms with van der Waals surface area (Å²) in [5, 5.41) is 31.1. The van der Waals surface area contributed by atoms with Crippen LogP contribution in [-0.2, 0) is 90.0 Å². The molecular weight excluding hydrogens is 2240 g/mol. The van der Waals surface area contributed by atoms with Gasteiger partial charge in [0, 0.05) is 122 Å². The van der Waals surface area contributed by atoms with E-state index in [1.54, 1.807) is 12.4 Å². The Morgan fingerprint density at radius 2 is 0.621 bits per heavy atom. The summed E-state index contributed by atoms with van der Waals surface area (Å²) >= 11 is 0. The van der Waals surface area contributed by atoms with E-state index in [1.165, 1.54) is 69.1 Å². The molecule has 19 aromatic rings. The zero-order chi connectivity index (χ0) is 84.1. The SMILES string of the molecule is CC(=O)C=C(C)O.CC(C)(C)C(=O)C=C(O)C(C)(C)C.[Ir].[Ir].[Ir].[Ir].[c-]1cc2ccccc2cc1-c1ccc2ccccc2n1.[c-]1cc2ccccc2cc1-c1ccc2ccccc2n1.[c-]1cc2ccccc2cc1-c1ccc2ccccc2n1.[c-]1ccccc1-c1ccccn1.[c-]1ccccc1-c1ccccn1.[c-]1ccccc1-c1nccc2ccccc12. The molecule has 0 unspecified atom stereocenters. The molecule has 626 valence electrons. The zero-order valence-electron chi connectivity index (χ0n) is 69.7. The molecule has 0 amide bonds. The van der Waals surface area contributed by atoms with E-state index in [-0.39, 0.29) is 109 Å². The Morgan fingerprint density at radius 3 is 0.944 bits per heavy atom. The molecule has 0 aliphatic rings. The number of aliphatic hydroxyl groups excluding tert-OH is 2. The number of allylic oxidation sites excluding steroid dienone is 4. The van der Waals surface area contributed by atoms with Gasteiger partial charge in [-0.2, -0.15) is 0 Å². The quantitative estimate of drug-likeness (QED) is 0.0854. The minimum absolute atomic E-state index is 0. The molecule has 0 saturated heterocycles. The second kappa shape index (κ2) is 48.4. The van der Waals surface area contributed by atoms with Crippen LogP contribution in [0, 0.1) is 47.2 Å². The van der Waals surface area contributed by atoms with Gasteiger partial charge in [0.1, 0.15) is 5.76 Å². The van der Waals surface area contributed by atoms with Gasteiger partial charge in [-0.3, -0.25) is 24.5 Å². The first kappa shape index (κ1) is 97.0. The summed E-state index contributed by atoms with van der Waals surface area (Å²) in [6.45, 7) is 14.0. The average Bonchev–Trinajstić information content (AvgIpc) is 0.812. The number of ketones is 2. The minimum atomic E-state index is -0.417. The molecule has 2 N–H and O–H groups in total. The van der Waals surface area contributed by atoms with Crippen molar-refractivity contribution in [3.05, 3.63) is 437 Å². The molecule has 0 aliphatic carbocycles. The van der Waals surface area contributed by atoms with Crippen LogP contribution in [0.4, 0.5) is 0 Å². The van der Waals surface area contributed by atoms with Gasteiger partial charge in [-0.25, -0.2) is 0 Å². The third kappa shape index (κ3) is 28.6. The Balaban J connectivity index is 0.000000178. The van der Waals surface area contributed by atoms with Crippen LogP contribution in [0.3, 0.4) is 0 Å². The third-order valence-corrected chi connectivity index (χ3v) is 18.8. The van der Waals surface area contributed by atoms with Crippen molar-refractivity contribution in [2.75, 3.05) is 0 Å². The number of fused-ring (bicyclic) bond motifs is 7. The van der Waals surface area contributed by atoms with Gasteiger partial charge in [0.05, 0.1) is 22.3 Å². The normalized spacial score (nSPS) is 10.7. The standard InChI is InChI=1S/3C19H12N.C15H10N.2C11H8N.C11H20O2.C5H8O2.4Ir/c3*1-2-7-16-13-17(10-9-14(16)5-1)19-12-11-15-6-3-4-8-18(15)20-19;1-2-7-13(8-3-1)15-14-9-5-4-6-12(14)10-11-16-15;2*1-2-6-10(7-3-1)11-8-4-5-9-12-11;1-10(2,3)8(12)7-9(13)11(4,5)6;1-4(6)3-5(2)7;;;;/h3*1-9,11-13H;1-7,9-11H;2*1-6,8-9H;7,12H,1-6H3;3,6H,1-2H3;;;;/q6*-1;;;;;;. The van der Waals surface area contributed by atoms with E-state index in [0.29, 0.717) is 0 Å².